The highest BCUT2D eigenvalue weighted by Gasteiger charge is 2.17. The van der Waals surface area contributed by atoms with Crippen molar-refractivity contribution in [1.82, 2.24) is 5.32 Å². The van der Waals surface area contributed by atoms with Gasteiger partial charge in [0.2, 0.25) is 0 Å². The molecule has 0 amide bonds. The zero-order chi connectivity index (χ0) is 10.7. The van der Waals surface area contributed by atoms with Crippen LogP contribution in [0.3, 0.4) is 0 Å². The Morgan fingerprint density at radius 1 is 1.53 bits per heavy atom. The van der Waals surface area contributed by atoms with Crippen LogP contribution in [0.4, 0.5) is 5.69 Å². The maximum absolute atomic E-state index is 5.97. The molecule has 2 rings (SSSR count). The molecule has 1 fully saturated rings. The first-order valence-corrected chi connectivity index (χ1v) is 5.61. The highest BCUT2D eigenvalue weighted by atomic mass is 35.5. The Hall–Kier alpha value is -0.770. The van der Waals surface area contributed by atoms with Crippen molar-refractivity contribution in [2.24, 2.45) is 5.73 Å². The van der Waals surface area contributed by atoms with Crippen LogP contribution in [0.25, 0.3) is 0 Å². The van der Waals surface area contributed by atoms with Crippen molar-refractivity contribution >= 4 is 17.3 Å². The van der Waals surface area contributed by atoms with Gasteiger partial charge in [-0.25, -0.2) is 0 Å². The number of nitrogens with two attached hydrogens (primary N) is 1. The van der Waals surface area contributed by atoms with E-state index in [-0.39, 0.29) is 0 Å². The summed E-state index contributed by atoms with van der Waals surface area (Å²) in [7, 11) is 0. The quantitative estimate of drug-likeness (QED) is 0.792. The lowest BCUT2D eigenvalue weighted by Crippen LogP contribution is -2.53. The molecule has 0 bridgehead atoms. The zero-order valence-electron chi connectivity index (χ0n) is 8.62. The van der Waals surface area contributed by atoms with E-state index in [0.29, 0.717) is 12.6 Å². The van der Waals surface area contributed by atoms with Crippen LogP contribution in [0.15, 0.2) is 24.3 Å². The predicted octanol–water partition coefficient (Wildman–Crippen LogP) is 1.08. The molecule has 1 aromatic carbocycles. The third kappa shape index (κ3) is 2.62. The van der Waals surface area contributed by atoms with Gasteiger partial charge in [-0.15, -0.1) is 0 Å². The molecule has 1 atom stereocenters. The molecule has 1 aromatic rings. The van der Waals surface area contributed by atoms with E-state index < -0.39 is 0 Å². The Bertz CT molecular complexity index is 329. The van der Waals surface area contributed by atoms with Crippen molar-refractivity contribution in [2.75, 3.05) is 31.1 Å². The van der Waals surface area contributed by atoms with Crippen molar-refractivity contribution in [1.29, 1.82) is 0 Å². The first-order valence-electron chi connectivity index (χ1n) is 5.23. The van der Waals surface area contributed by atoms with Gasteiger partial charge in [-0.05, 0) is 18.2 Å². The summed E-state index contributed by atoms with van der Waals surface area (Å²) < 4.78 is 0. The smallest absolute Gasteiger partial charge is 0.0426 e. The fraction of sp³-hybridized carbons (Fsp3) is 0.455. The Labute approximate surface area is 95.2 Å². The molecule has 4 heteroatoms. The molecule has 3 N–H and O–H groups in total. The fourth-order valence-electron chi connectivity index (χ4n) is 1.89. The Balaban J connectivity index is 2.09. The second kappa shape index (κ2) is 4.84. The third-order valence-corrected chi connectivity index (χ3v) is 2.95. The molecule has 3 nitrogen and oxygen atoms in total. The molecular formula is C11H16ClN3. The predicted molar refractivity (Wildman–Crippen MR) is 64.5 cm³/mol. The maximum Gasteiger partial charge on any atom is 0.0426 e. The molecule has 0 saturated carbocycles. The molecule has 0 aliphatic carbocycles. The van der Waals surface area contributed by atoms with Crippen LogP contribution in [0.5, 0.6) is 0 Å². The Kier molecular flexibility index (Phi) is 3.46. The number of piperazine rings is 1. The largest absolute Gasteiger partial charge is 0.369 e. The van der Waals surface area contributed by atoms with Gasteiger partial charge in [0.25, 0.3) is 0 Å². The average molecular weight is 226 g/mol. The normalized spacial score (nSPS) is 21.7. The first kappa shape index (κ1) is 10.7. The van der Waals surface area contributed by atoms with Crippen molar-refractivity contribution in [3.63, 3.8) is 0 Å². The fourth-order valence-corrected chi connectivity index (χ4v) is 2.08. The van der Waals surface area contributed by atoms with Gasteiger partial charge in [0.15, 0.2) is 0 Å². The number of halogens is 1. The number of rotatable bonds is 2. The Morgan fingerprint density at radius 2 is 2.40 bits per heavy atom. The van der Waals surface area contributed by atoms with Crippen LogP contribution < -0.4 is 16.0 Å². The van der Waals surface area contributed by atoms with Crippen LogP contribution >= 0.6 is 11.6 Å². The number of hydrogen-bond acceptors (Lipinski definition) is 3. The number of benzene rings is 1. The van der Waals surface area contributed by atoms with E-state index in [1.165, 1.54) is 5.69 Å². The van der Waals surface area contributed by atoms with Crippen LogP contribution in [-0.4, -0.2) is 32.2 Å². The second-order valence-electron chi connectivity index (χ2n) is 3.81. The lowest BCUT2D eigenvalue weighted by Gasteiger charge is -2.34. The lowest BCUT2D eigenvalue weighted by atomic mass is 10.2. The van der Waals surface area contributed by atoms with E-state index in [0.717, 1.165) is 24.7 Å². The van der Waals surface area contributed by atoms with E-state index in [1.807, 2.05) is 18.2 Å². The molecule has 1 unspecified atom stereocenters. The molecule has 1 saturated heterocycles. The summed E-state index contributed by atoms with van der Waals surface area (Å²) in [5.74, 6) is 0. The van der Waals surface area contributed by atoms with Gasteiger partial charge < -0.3 is 16.0 Å². The van der Waals surface area contributed by atoms with Crippen LogP contribution in [0.2, 0.25) is 5.02 Å². The van der Waals surface area contributed by atoms with Crippen molar-refractivity contribution in [3.8, 4) is 0 Å². The van der Waals surface area contributed by atoms with E-state index in [2.05, 4.69) is 16.3 Å². The van der Waals surface area contributed by atoms with Gasteiger partial charge >= 0.3 is 0 Å². The summed E-state index contributed by atoms with van der Waals surface area (Å²) in [5.41, 5.74) is 6.84. The molecule has 15 heavy (non-hydrogen) atoms. The topological polar surface area (TPSA) is 41.3 Å². The Morgan fingerprint density at radius 3 is 3.13 bits per heavy atom. The minimum atomic E-state index is 0.387. The molecule has 1 aliphatic heterocycles. The maximum atomic E-state index is 5.97. The van der Waals surface area contributed by atoms with Crippen molar-refractivity contribution in [2.45, 2.75) is 6.04 Å². The molecule has 1 heterocycles. The minimum Gasteiger partial charge on any atom is -0.369 e. The van der Waals surface area contributed by atoms with Crippen LogP contribution in [0, 0.1) is 0 Å². The molecule has 1 aliphatic rings. The summed E-state index contributed by atoms with van der Waals surface area (Å²) >= 11 is 5.97. The minimum absolute atomic E-state index is 0.387. The summed E-state index contributed by atoms with van der Waals surface area (Å²) in [6.07, 6.45) is 0. The molecule has 82 valence electrons. The molecule has 0 aromatic heterocycles. The van der Waals surface area contributed by atoms with E-state index >= 15 is 0 Å². The number of hydrogen-bond donors (Lipinski definition) is 2. The highest BCUT2D eigenvalue weighted by Crippen LogP contribution is 2.20. The highest BCUT2D eigenvalue weighted by molar-refractivity contribution is 6.30. The lowest BCUT2D eigenvalue weighted by molar-refractivity contribution is 0.463. The zero-order valence-corrected chi connectivity index (χ0v) is 9.37. The monoisotopic (exact) mass is 225 g/mol. The molecule has 0 spiro atoms. The van der Waals surface area contributed by atoms with Gasteiger partial charge in [-0.3, -0.25) is 0 Å². The van der Waals surface area contributed by atoms with Gasteiger partial charge in [-0.1, -0.05) is 17.7 Å². The molecule has 0 radical (unpaired) electrons. The summed E-state index contributed by atoms with van der Waals surface area (Å²) in [6.45, 7) is 3.62. The van der Waals surface area contributed by atoms with Gasteiger partial charge in [0.05, 0.1) is 0 Å². The van der Waals surface area contributed by atoms with Crippen LogP contribution in [-0.2, 0) is 0 Å². The molecular weight excluding hydrogens is 210 g/mol. The summed E-state index contributed by atoms with van der Waals surface area (Å²) in [4.78, 5) is 2.32. The van der Waals surface area contributed by atoms with E-state index in [4.69, 9.17) is 17.3 Å². The van der Waals surface area contributed by atoms with Crippen molar-refractivity contribution in [3.05, 3.63) is 29.3 Å². The first-order chi connectivity index (χ1) is 7.29. The van der Waals surface area contributed by atoms with E-state index in [1.54, 1.807) is 0 Å². The summed E-state index contributed by atoms with van der Waals surface area (Å²) in [5, 5.41) is 4.17. The number of nitrogens with zero attached hydrogens (tertiary/aromatic N) is 1. The number of anilines is 1. The van der Waals surface area contributed by atoms with Gasteiger partial charge in [-0.2, -0.15) is 0 Å². The SMILES string of the molecule is NCC1CN(c2cccc(Cl)c2)CCN1. The second-order valence-corrected chi connectivity index (χ2v) is 4.25. The van der Waals surface area contributed by atoms with Gasteiger partial charge in [0.1, 0.15) is 0 Å². The third-order valence-electron chi connectivity index (χ3n) is 2.71. The van der Waals surface area contributed by atoms with E-state index in [9.17, 15) is 0 Å². The van der Waals surface area contributed by atoms with Crippen LogP contribution in [0.1, 0.15) is 0 Å². The number of nitrogens with one attached hydrogen (secondary N) is 1. The summed E-state index contributed by atoms with van der Waals surface area (Å²) in [6, 6.07) is 8.36. The standard InChI is InChI=1S/C11H16ClN3/c12-9-2-1-3-11(6-9)15-5-4-14-10(7-13)8-15/h1-3,6,10,14H,4-5,7-8,13H2. The van der Waals surface area contributed by atoms with Crippen molar-refractivity contribution < 1.29 is 0 Å². The average Bonchev–Trinajstić information content (AvgIpc) is 2.29. The van der Waals surface area contributed by atoms with Gasteiger partial charge in [0, 0.05) is 42.9 Å².